The fourth-order valence-corrected chi connectivity index (χ4v) is 2.53. The van der Waals surface area contributed by atoms with Gasteiger partial charge in [-0.15, -0.1) is 0 Å². The molecule has 1 atom stereocenters. The molecule has 0 bridgehead atoms. The molecular formula is C18H20FNO4. The highest BCUT2D eigenvalue weighted by Gasteiger charge is 2.21. The predicted octanol–water partition coefficient (Wildman–Crippen LogP) is 3.02. The van der Waals surface area contributed by atoms with E-state index in [9.17, 15) is 14.0 Å². The predicted molar refractivity (Wildman–Crippen MR) is 86.6 cm³/mol. The second-order valence-electron chi connectivity index (χ2n) is 5.95. The Labute approximate surface area is 139 Å². The topological polar surface area (TPSA) is 79.5 Å². The summed E-state index contributed by atoms with van der Waals surface area (Å²) in [5.41, 5.74) is 2.18. The molecule has 0 radical (unpaired) electrons. The summed E-state index contributed by atoms with van der Waals surface area (Å²) < 4.78 is 18.8. The number of hydrogen-bond acceptors (Lipinski definition) is 3. The molecule has 1 amide bonds. The van der Waals surface area contributed by atoms with Gasteiger partial charge in [0.1, 0.15) is 18.0 Å². The maximum absolute atomic E-state index is 13.6. The molecule has 128 valence electrons. The fourth-order valence-electron chi connectivity index (χ4n) is 2.53. The lowest BCUT2D eigenvalue weighted by Gasteiger charge is -2.15. The summed E-state index contributed by atoms with van der Waals surface area (Å²) in [7, 11) is 0. The summed E-state index contributed by atoms with van der Waals surface area (Å²) in [6.45, 7) is 5.18. The van der Waals surface area contributed by atoms with Gasteiger partial charge < -0.3 is 14.8 Å². The molecule has 1 aromatic carbocycles. The zero-order valence-corrected chi connectivity index (χ0v) is 13.9. The first-order valence-corrected chi connectivity index (χ1v) is 7.62. The van der Waals surface area contributed by atoms with E-state index in [1.54, 1.807) is 19.9 Å². The van der Waals surface area contributed by atoms with Crippen LogP contribution in [0.5, 0.6) is 0 Å². The minimum atomic E-state index is -1.07. The Morgan fingerprint density at radius 3 is 2.62 bits per heavy atom. The van der Waals surface area contributed by atoms with Crippen molar-refractivity contribution in [3.05, 3.63) is 58.3 Å². The molecule has 0 spiro atoms. The third-order valence-electron chi connectivity index (χ3n) is 3.75. The maximum atomic E-state index is 13.6. The Balaban J connectivity index is 2.07. The van der Waals surface area contributed by atoms with E-state index in [-0.39, 0.29) is 29.6 Å². The quantitative estimate of drug-likeness (QED) is 0.851. The van der Waals surface area contributed by atoms with Gasteiger partial charge in [-0.1, -0.05) is 12.1 Å². The Kier molecular flexibility index (Phi) is 5.39. The number of amides is 1. The van der Waals surface area contributed by atoms with Crippen LogP contribution in [0.3, 0.4) is 0 Å². The monoisotopic (exact) mass is 333 g/mol. The van der Waals surface area contributed by atoms with Crippen molar-refractivity contribution < 1.29 is 23.5 Å². The lowest BCUT2D eigenvalue weighted by atomic mass is 10.0. The molecule has 5 nitrogen and oxygen atoms in total. The van der Waals surface area contributed by atoms with Crippen molar-refractivity contribution in [2.45, 2.75) is 39.7 Å². The number of carboxylic acid groups (broad SMARTS) is 1. The van der Waals surface area contributed by atoms with Gasteiger partial charge in [-0.2, -0.15) is 0 Å². The second-order valence-corrected chi connectivity index (χ2v) is 5.95. The first kappa shape index (κ1) is 17.7. The molecule has 1 aromatic heterocycles. The first-order chi connectivity index (χ1) is 11.3. The summed E-state index contributed by atoms with van der Waals surface area (Å²) in [4.78, 5) is 23.3. The largest absolute Gasteiger partial charge is 0.481 e. The summed E-state index contributed by atoms with van der Waals surface area (Å²) in [5, 5.41) is 11.7. The normalized spacial score (nSPS) is 12.0. The Morgan fingerprint density at radius 1 is 1.29 bits per heavy atom. The van der Waals surface area contributed by atoms with Gasteiger partial charge in [-0.05, 0) is 44.4 Å². The van der Waals surface area contributed by atoms with Gasteiger partial charge in [0.15, 0.2) is 0 Å². The number of hydrogen-bond donors (Lipinski definition) is 2. The van der Waals surface area contributed by atoms with E-state index >= 15 is 0 Å². The van der Waals surface area contributed by atoms with Gasteiger partial charge in [-0.3, -0.25) is 9.59 Å². The van der Waals surface area contributed by atoms with E-state index in [1.165, 1.54) is 12.3 Å². The van der Waals surface area contributed by atoms with Crippen LogP contribution in [-0.2, 0) is 17.6 Å². The molecule has 2 aromatic rings. The molecule has 1 unspecified atom stereocenters. The van der Waals surface area contributed by atoms with Crippen LogP contribution in [0.1, 0.15) is 39.7 Å². The highest BCUT2D eigenvalue weighted by atomic mass is 19.1. The lowest BCUT2D eigenvalue weighted by molar-refractivity contribution is -0.136. The summed E-state index contributed by atoms with van der Waals surface area (Å²) in [6, 6.07) is 4.73. The molecule has 6 heteroatoms. The van der Waals surface area contributed by atoms with Crippen LogP contribution in [-0.4, -0.2) is 23.0 Å². The van der Waals surface area contributed by atoms with Crippen LogP contribution in [0.2, 0.25) is 0 Å². The van der Waals surface area contributed by atoms with Crippen LogP contribution in [0.25, 0.3) is 0 Å². The van der Waals surface area contributed by atoms with Crippen LogP contribution in [0.15, 0.2) is 28.9 Å². The number of rotatable bonds is 6. The van der Waals surface area contributed by atoms with Crippen molar-refractivity contribution in [1.29, 1.82) is 0 Å². The van der Waals surface area contributed by atoms with Gasteiger partial charge >= 0.3 is 5.97 Å². The van der Waals surface area contributed by atoms with Crippen molar-refractivity contribution in [1.82, 2.24) is 5.32 Å². The number of carbonyl (C=O) groups excluding carboxylic acids is 1. The average molecular weight is 333 g/mol. The number of halogens is 1. The third kappa shape index (κ3) is 4.22. The van der Waals surface area contributed by atoms with Gasteiger partial charge in [-0.25, -0.2) is 4.39 Å². The van der Waals surface area contributed by atoms with E-state index in [4.69, 9.17) is 9.52 Å². The number of furan rings is 1. The first-order valence-electron chi connectivity index (χ1n) is 7.62. The van der Waals surface area contributed by atoms with Gasteiger partial charge in [0.05, 0.1) is 11.8 Å². The Hall–Kier alpha value is -2.63. The van der Waals surface area contributed by atoms with Crippen molar-refractivity contribution in [2.75, 3.05) is 0 Å². The van der Waals surface area contributed by atoms with Crippen molar-refractivity contribution >= 4 is 11.9 Å². The summed E-state index contributed by atoms with van der Waals surface area (Å²) in [6.07, 6.45) is 1.48. The van der Waals surface area contributed by atoms with Crippen LogP contribution >= 0.6 is 0 Å². The lowest BCUT2D eigenvalue weighted by Crippen LogP contribution is -2.34. The summed E-state index contributed by atoms with van der Waals surface area (Å²) >= 11 is 0. The smallest absolute Gasteiger partial charge is 0.311 e. The number of carbonyl (C=O) groups is 2. The SMILES string of the molecule is Cc1ccc(CC(C)NC(=O)c2c(C)coc2CC(=O)O)cc1F. The third-order valence-corrected chi connectivity index (χ3v) is 3.75. The van der Waals surface area contributed by atoms with E-state index in [0.717, 1.165) is 5.56 Å². The molecule has 0 fully saturated rings. The van der Waals surface area contributed by atoms with E-state index in [0.29, 0.717) is 17.5 Å². The van der Waals surface area contributed by atoms with E-state index < -0.39 is 11.9 Å². The zero-order chi connectivity index (χ0) is 17.9. The molecule has 0 saturated carbocycles. The van der Waals surface area contributed by atoms with Gasteiger partial charge in [0.25, 0.3) is 5.91 Å². The van der Waals surface area contributed by atoms with Crippen molar-refractivity contribution in [2.24, 2.45) is 0 Å². The molecule has 0 aliphatic carbocycles. The van der Waals surface area contributed by atoms with Gasteiger partial charge in [0, 0.05) is 11.6 Å². The molecule has 1 heterocycles. The standard InChI is InChI=1S/C18H20FNO4/c1-10-4-5-13(7-14(10)19)6-12(3)20-18(23)17-11(2)9-24-15(17)8-16(21)22/h4-5,7,9,12H,6,8H2,1-3H3,(H,20,23)(H,21,22). The molecule has 0 aliphatic rings. The molecular weight excluding hydrogens is 313 g/mol. The number of nitrogens with one attached hydrogen (secondary N) is 1. The van der Waals surface area contributed by atoms with Crippen LogP contribution < -0.4 is 5.32 Å². The van der Waals surface area contributed by atoms with E-state index in [2.05, 4.69) is 5.32 Å². The van der Waals surface area contributed by atoms with E-state index in [1.807, 2.05) is 13.0 Å². The second kappa shape index (κ2) is 7.29. The van der Waals surface area contributed by atoms with Crippen LogP contribution in [0, 0.1) is 19.7 Å². The number of carboxylic acids is 1. The van der Waals surface area contributed by atoms with Crippen molar-refractivity contribution in [3.63, 3.8) is 0 Å². The number of aryl methyl sites for hydroxylation is 2. The van der Waals surface area contributed by atoms with Crippen molar-refractivity contribution in [3.8, 4) is 0 Å². The molecule has 2 rings (SSSR count). The fraction of sp³-hybridized carbons (Fsp3) is 0.333. The molecule has 0 saturated heterocycles. The highest BCUT2D eigenvalue weighted by Crippen LogP contribution is 2.18. The minimum absolute atomic E-state index is 0.131. The number of aliphatic carboxylic acids is 1. The molecule has 0 aliphatic heterocycles. The minimum Gasteiger partial charge on any atom is -0.481 e. The number of benzene rings is 1. The summed E-state index contributed by atoms with van der Waals surface area (Å²) in [5.74, 6) is -1.61. The maximum Gasteiger partial charge on any atom is 0.311 e. The molecule has 24 heavy (non-hydrogen) atoms. The zero-order valence-electron chi connectivity index (χ0n) is 13.9. The molecule has 2 N–H and O–H groups in total. The Bertz CT molecular complexity index is 766. The average Bonchev–Trinajstić information content (AvgIpc) is 2.82. The Morgan fingerprint density at radius 2 is 2.00 bits per heavy atom. The highest BCUT2D eigenvalue weighted by molar-refractivity contribution is 5.97. The van der Waals surface area contributed by atoms with Gasteiger partial charge in [0.2, 0.25) is 0 Å². The van der Waals surface area contributed by atoms with Crippen LogP contribution in [0.4, 0.5) is 4.39 Å².